The molecule has 1 rings (SSSR count). The van der Waals surface area contributed by atoms with E-state index < -0.39 is 15.3 Å². The van der Waals surface area contributed by atoms with Gasteiger partial charge in [-0.3, -0.25) is 0 Å². The summed E-state index contributed by atoms with van der Waals surface area (Å²) in [4.78, 5) is 0. The molecule has 0 saturated carbocycles. The highest BCUT2D eigenvalue weighted by atomic mass is 32.2. The van der Waals surface area contributed by atoms with Crippen LogP contribution >= 0.6 is 0 Å². The molecule has 1 N–H and O–H groups in total. The van der Waals surface area contributed by atoms with Gasteiger partial charge < -0.3 is 10.1 Å². The van der Waals surface area contributed by atoms with E-state index in [0.29, 0.717) is 19.6 Å². The first-order valence-corrected chi connectivity index (χ1v) is 7.17. The van der Waals surface area contributed by atoms with Crippen LogP contribution in [0.1, 0.15) is 20.8 Å². The fourth-order valence-electron chi connectivity index (χ4n) is 1.99. The fourth-order valence-corrected chi connectivity index (χ4v) is 3.71. The molecule has 0 spiro atoms. The molecule has 0 bridgehead atoms. The van der Waals surface area contributed by atoms with E-state index in [9.17, 15) is 8.42 Å². The number of sulfonamides is 1. The zero-order chi connectivity index (χ0) is 12.3. The highest BCUT2D eigenvalue weighted by molar-refractivity contribution is 7.89. The summed E-state index contributed by atoms with van der Waals surface area (Å²) >= 11 is 0. The van der Waals surface area contributed by atoms with Crippen molar-refractivity contribution in [2.45, 2.75) is 38.2 Å². The van der Waals surface area contributed by atoms with Gasteiger partial charge in [0, 0.05) is 19.6 Å². The molecule has 0 aromatic carbocycles. The molecule has 1 aliphatic heterocycles. The van der Waals surface area contributed by atoms with Crippen LogP contribution < -0.4 is 5.32 Å². The molecule has 3 atom stereocenters. The highest BCUT2D eigenvalue weighted by Gasteiger charge is 2.34. The Morgan fingerprint density at radius 3 is 2.31 bits per heavy atom. The Morgan fingerprint density at radius 2 is 1.88 bits per heavy atom. The second-order valence-corrected chi connectivity index (χ2v) is 6.84. The standard InChI is InChI=1S/C10H22N2O3S/c1-8-6-12(7-9(2)15-8)16(13,14)10(3)5-11-4/h8-11H,5-7H2,1-4H3. The van der Waals surface area contributed by atoms with Crippen molar-refractivity contribution in [2.24, 2.45) is 0 Å². The van der Waals surface area contributed by atoms with Gasteiger partial charge in [-0.25, -0.2) is 8.42 Å². The molecule has 96 valence electrons. The zero-order valence-corrected chi connectivity index (χ0v) is 11.3. The van der Waals surface area contributed by atoms with Gasteiger partial charge in [-0.05, 0) is 27.8 Å². The van der Waals surface area contributed by atoms with Gasteiger partial charge >= 0.3 is 0 Å². The predicted molar refractivity (Wildman–Crippen MR) is 63.9 cm³/mol. The molecule has 0 aromatic rings. The summed E-state index contributed by atoms with van der Waals surface area (Å²) in [6.07, 6.45) is -0.0550. The quantitative estimate of drug-likeness (QED) is 0.765. The van der Waals surface area contributed by atoms with Crippen LogP contribution in [-0.2, 0) is 14.8 Å². The number of hydrogen-bond donors (Lipinski definition) is 1. The molecule has 0 amide bonds. The minimum absolute atomic E-state index is 0.0275. The second-order valence-electron chi connectivity index (χ2n) is 4.49. The minimum Gasteiger partial charge on any atom is -0.373 e. The van der Waals surface area contributed by atoms with Crippen LogP contribution in [0.3, 0.4) is 0 Å². The molecule has 16 heavy (non-hydrogen) atoms. The largest absolute Gasteiger partial charge is 0.373 e. The van der Waals surface area contributed by atoms with Crippen LogP contribution in [-0.4, -0.2) is 56.9 Å². The third-order valence-corrected chi connectivity index (χ3v) is 4.95. The first-order valence-electron chi connectivity index (χ1n) is 5.67. The number of morpholine rings is 1. The zero-order valence-electron chi connectivity index (χ0n) is 10.4. The molecule has 3 unspecified atom stereocenters. The minimum atomic E-state index is -3.20. The van der Waals surface area contributed by atoms with Gasteiger partial charge in [0.05, 0.1) is 17.5 Å². The summed E-state index contributed by atoms with van der Waals surface area (Å²) in [7, 11) is -1.44. The molecule has 0 radical (unpaired) electrons. The molecule has 1 fully saturated rings. The molecule has 1 heterocycles. The van der Waals surface area contributed by atoms with E-state index in [1.165, 1.54) is 0 Å². The van der Waals surface area contributed by atoms with E-state index in [1.807, 2.05) is 13.8 Å². The van der Waals surface area contributed by atoms with E-state index in [-0.39, 0.29) is 12.2 Å². The Labute approximate surface area is 98.2 Å². The van der Waals surface area contributed by atoms with E-state index >= 15 is 0 Å². The van der Waals surface area contributed by atoms with Crippen molar-refractivity contribution in [1.29, 1.82) is 0 Å². The number of rotatable bonds is 4. The van der Waals surface area contributed by atoms with Gasteiger partial charge in [0.15, 0.2) is 0 Å². The van der Waals surface area contributed by atoms with Crippen molar-refractivity contribution in [3.05, 3.63) is 0 Å². The third kappa shape index (κ3) is 3.16. The van der Waals surface area contributed by atoms with E-state index in [0.717, 1.165) is 0 Å². The average Bonchev–Trinajstić information content (AvgIpc) is 2.16. The summed E-state index contributed by atoms with van der Waals surface area (Å²) in [6, 6.07) is 0. The van der Waals surface area contributed by atoms with Crippen LogP contribution in [0.25, 0.3) is 0 Å². The lowest BCUT2D eigenvalue weighted by atomic mass is 10.3. The number of ether oxygens (including phenoxy) is 1. The van der Waals surface area contributed by atoms with Crippen LogP contribution in [0.2, 0.25) is 0 Å². The topological polar surface area (TPSA) is 58.6 Å². The Balaban J connectivity index is 2.75. The molecule has 1 saturated heterocycles. The van der Waals surface area contributed by atoms with Gasteiger partial charge in [0.25, 0.3) is 0 Å². The lowest BCUT2D eigenvalue weighted by molar-refractivity contribution is -0.0442. The normalized spacial score (nSPS) is 30.2. The highest BCUT2D eigenvalue weighted by Crippen LogP contribution is 2.17. The Kier molecular flexibility index (Phi) is 4.73. The van der Waals surface area contributed by atoms with Gasteiger partial charge in [0.2, 0.25) is 10.0 Å². The Bertz CT molecular complexity index is 308. The van der Waals surface area contributed by atoms with Crippen LogP contribution in [0, 0.1) is 0 Å². The SMILES string of the molecule is CNCC(C)S(=O)(=O)N1CC(C)OC(C)C1. The maximum absolute atomic E-state index is 12.2. The molecule has 1 aliphatic rings. The molecular weight excluding hydrogens is 228 g/mol. The smallest absolute Gasteiger partial charge is 0.218 e. The molecular formula is C10H22N2O3S. The van der Waals surface area contributed by atoms with Crippen LogP contribution in [0.15, 0.2) is 0 Å². The number of hydrogen-bond acceptors (Lipinski definition) is 4. The summed E-state index contributed by atoms with van der Waals surface area (Å²) in [5.74, 6) is 0. The van der Waals surface area contributed by atoms with Crippen molar-refractivity contribution >= 4 is 10.0 Å². The molecule has 0 aliphatic carbocycles. The van der Waals surface area contributed by atoms with Crippen LogP contribution in [0.4, 0.5) is 0 Å². The van der Waals surface area contributed by atoms with Gasteiger partial charge in [-0.1, -0.05) is 0 Å². The van der Waals surface area contributed by atoms with Crippen molar-refractivity contribution in [2.75, 3.05) is 26.7 Å². The second kappa shape index (κ2) is 5.44. The summed E-state index contributed by atoms with van der Waals surface area (Å²) in [5, 5.41) is 2.50. The summed E-state index contributed by atoms with van der Waals surface area (Å²) in [6.45, 7) is 6.93. The third-order valence-electron chi connectivity index (χ3n) is 2.75. The van der Waals surface area contributed by atoms with E-state index in [4.69, 9.17) is 4.74 Å². The maximum atomic E-state index is 12.2. The molecule has 0 aromatic heterocycles. The van der Waals surface area contributed by atoms with Gasteiger partial charge in [-0.2, -0.15) is 4.31 Å². The molecule has 5 nitrogen and oxygen atoms in total. The Morgan fingerprint density at radius 1 is 1.38 bits per heavy atom. The summed E-state index contributed by atoms with van der Waals surface area (Å²) in [5.41, 5.74) is 0. The number of nitrogens with zero attached hydrogens (tertiary/aromatic N) is 1. The van der Waals surface area contributed by atoms with Gasteiger partial charge in [0.1, 0.15) is 0 Å². The maximum Gasteiger partial charge on any atom is 0.218 e. The van der Waals surface area contributed by atoms with E-state index in [2.05, 4.69) is 5.32 Å². The van der Waals surface area contributed by atoms with Crippen LogP contribution in [0.5, 0.6) is 0 Å². The van der Waals surface area contributed by atoms with E-state index in [1.54, 1.807) is 18.3 Å². The predicted octanol–water partition coefficient (Wildman–Crippen LogP) is 0.0333. The summed E-state index contributed by atoms with van der Waals surface area (Å²) < 4.78 is 31.5. The Hall–Kier alpha value is -0.170. The fraction of sp³-hybridized carbons (Fsp3) is 1.00. The lowest BCUT2D eigenvalue weighted by Crippen LogP contribution is -2.51. The number of nitrogens with one attached hydrogen (secondary N) is 1. The van der Waals surface area contributed by atoms with Gasteiger partial charge in [-0.15, -0.1) is 0 Å². The first kappa shape index (κ1) is 13.9. The van der Waals surface area contributed by atoms with Crippen molar-refractivity contribution in [1.82, 2.24) is 9.62 Å². The molecule has 6 heteroatoms. The monoisotopic (exact) mass is 250 g/mol. The first-order chi connectivity index (χ1) is 7.37. The lowest BCUT2D eigenvalue weighted by Gasteiger charge is -2.35. The van der Waals surface area contributed by atoms with Crippen molar-refractivity contribution in [3.63, 3.8) is 0 Å². The van der Waals surface area contributed by atoms with Crippen molar-refractivity contribution < 1.29 is 13.2 Å². The average molecular weight is 250 g/mol. The van der Waals surface area contributed by atoms with Crippen molar-refractivity contribution in [3.8, 4) is 0 Å².